The molecule has 756 valence electrons. The number of aromatic nitrogens is 9. The molecule has 3 aromatic heterocycles. The number of carbonyl (C=O) groups excluding carboxylic acids is 1. The second kappa shape index (κ2) is 50.4. The molecule has 33 heteroatoms. The Morgan fingerprint density at radius 3 is 1.16 bits per heavy atom. The lowest BCUT2D eigenvalue weighted by molar-refractivity contribution is -0.192. The normalized spacial score (nSPS) is 15.2. The van der Waals surface area contributed by atoms with Gasteiger partial charge in [0, 0.05) is 121 Å². The Hall–Kier alpha value is -10.9. The summed E-state index contributed by atoms with van der Waals surface area (Å²) in [5, 5.41) is 52.6. The number of nitrogens with zero attached hydrogens (tertiary/aromatic N) is 13. The number of aromatic carboxylic acids is 2. The first kappa shape index (κ1) is 110. The van der Waals surface area contributed by atoms with Crippen molar-refractivity contribution in [2.45, 2.75) is 272 Å². The first-order valence-corrected chi connectivity index (χ1v) is 51.7. The summed E-state index contributed by atoms with van der Waals surface area (Å²) in [6, 6.07) is 56.5. The average molecular weight is 2180 g/mol. The van der Waals surface area contributed by atoms with Gasteiger partial charge in [-0.3, -0.25) is 0 Å². The molecule has 0 saturated carbocycles. The Morgan fingerprint density at radius 1 is 0.447 bits per heavy atom. The van der Waals surface area contributed by atoms with Crippen molar-refractivity contribution in [3.8, 4) is 45.3 Å². The molecule has 0 bridgehead atoms. The Bertz CT molecular complexity index is 6010. The van der Waals surface area contributed by atoms with Gasteiger partial charge in [-0.25, -0.2) is 28.5 Å². The number of methoxy groups -OCH3 is 2. The van der Waals surface area contributed by atoms with Crippen molar-refractivity contribution < 1.29 is 71.2 Å². The van der Waals surface area contributed by atoms with Gasteiger partial charge < -0.3 is 63.3 Å². The number of anilines is 5. The maximum absolute atomic E-state index is 12.7. The molecule has 6 aliphatic heterocycles. The summed E-state index contributed by atoms with van der Waals surface area (Å²) in [7, 11) is 3.01. The number of carbonyl (C=O) groups is 4. The van der Waals surface area contributed by atoms with Crippen LogP contribution in [-0.2, 0) is 76.9 Å². The standard InChI is InChI=1S/C25H30N4O3.C23H26N4O3.C18H28BNO2.C15H18N4O2.C12H16BrN.C10H11Br.C3H7I.C2HF3O2/c1-5-32-25(30)23-24(29(27-26-23)16-18-8-11-21(31-4)12-9-18)20-10-13-22-19(15-20)7-6-14-28(22)17(2)3;1-15(2)26-12-4-5-17-13-18(8-11-20(17)26)22-21(23(28)29)24-25-27(22)14-16-6-9-19(30-3)10-7-16;1-13(2)20-11-7-8-14-12-15(9-10-16(14)20)19-21-17(3,4)18(5,6)22-19;1-9(2)19-7-3-4-10-8-11(5-6-12(10)19)13-14(15(20)21)17-18-16-13;1-9(2)14-7-3-4-10-8-11(13)5-6-12(10)14;11-10-6-5-8-3-1-2-4-9(8)7-10;1-3(2)4;3-2(4,5)1(6)7/h8-13,15,17H,5-7,14,16H2,1-4H3;6-11,13,15H,4-5,12,14H2,1-3H3,(H,28,29);9-10,12-13H,7-8,11H2,1-6H3;5-6,8-9H,3-4,7H2,1-2H3,(H,20,21)(H,16,17,18);5-6,8-9H,3-4,7H2,1-2H3;5-7H,1-4H2;3H,1-2H3;(H,6,7). The van der Waals surface area contributed by atoms with Crippen molar-refractivity contribution in [3.63, 3.8) is 0 Å². The molecule has 1 fully saturated rings. The van der Waals surface area contributed by atoms with Crippen molar-refractivity contribution in [2.24, 2.45) is 0 Å². The smallest absolute Gasteiger partial charge is 0.494 e. The van der Waals surface area contributed by atoms with E-state index in [0.717, 1.165) is 120 Å². The van der Waals surface area contributed by atoms with E-state index in [9.17, 15) is 32.7 Å². The van der Waals surface area contributed by atoms with E-state index in [0.29, 0.717) is 60.4 Å². The van der Waals surface area contributed by atoms with E-state index in [4.69, 9.17) is 38.5 Å². The van der Waals surface area contributed by atoms with Crippen LogP contribution in [0.3, 0.4) is 0 Å². The fraction of sp³-hybridized carbons (Fsp3) is 0.463. The fourth-order valence-corrected chi connectivity index (χ4v) is 19.2. The third-order valence-corrected chi connectivity index (χ3v) is 27.0. The molecule has 7 aliphatic rings. The third kappa shape index (κ3) is 29.0. The Labute approximate surface area is 859 Å². The Kier molecular flexibility index (Phi) is 39.5. The van der Waals surface area contributed by atoms with Gasteiger partial charge in [-0.1, -0.05) is 139 Å². The number of aromatic amines is 1. The maximum atomic E-state index is 12.7. The molecule has 0 spiro atoms. The number of halogens is 6. The van der Waals surface area contributed by atoms with Crippen LogP contribution in [0.25, 0.3) is 33.8 Å². The minimum atomic E-state index is -5.08. The monoisotopic (exact) mass is 2170 g/mol. The number of H-pyrrole nitrogens is 1. The summed E-state index contributed by atoms with van der Waals surface area (Å²) in [4.78, 5) is 56.7. The second-order valence-electron chi connectivity index (χ2n) is 38.6. The van der Waals surface area contributed by atoms with Crippen LogP contribution in [0.4, 0.5) is 41.6 Å². The van der Waals surface area contributed by atoms with Crippen molar-refractivity contribution in [1.29, 1.82) is 0 Å². The molecule has 4 N–H and O–H groups in total. The largest absolute Gasteiger partial charge is 0.497 e. The van der Waals surface area contributed by atoms with Crippen molar-refractivity contribution in [1.82, 2.24) is 45.4 Å². The quantitative estimate of drug-likeness (QED) is 0.0253. The highest BCUT2D eigenvalue weighted by atomic mass is 127. The zero-order valence-corrected chi connectivity index (χ0v) is 90.0. The molecule has 0 radical (unpaired) electrons. The first-order valence-electron chi connectivity index (χ1n) is 48.9. The average Bonchev–Trinajstić information content (AvgIpc) is 1.68. The lowest BCUT2D eigenvalue weighted by Crippen LogP contribution is -2.41. The van der Waals surface area contributed by atoms with Crippen molar-refractivity contribution >= 4 is 119 Å². The minimum Gasteiger partial charge on any atom is -0.497 e. The van der Waals surface area contributed by atoms with Gasteiger partial charge in [-0.05, 0) is 346 Å². The summed E-state index contributed by atoms with van der Waals surface area (Å²) < 4.78 is 66.5. The highest BCUT2D eigenvalue weighted by Gasteiger charge is 2.52. The van der Waals surface area contributed by atoms with Gasteiger partial charge in [0.2, 0.25) is 0 Å². The first-order chi connectivity index (χ1) is 67.0. The van der Waals surface area contributed by atoms with Crippen LogP contribution in [0.5, 0.6) is 11.5 Å². The highest BCUT2D eigenvalue weighted by molar-refractivity contribution is 14.1. The maximum Gasteiger partial charge on any atom is 0.494 e. The zero-order valence-electron chi connectivity index (χ0n) is 84.7. The number of benzene rings is 8. The molecule has 0 amide bonds. The van der Waals surface area contributed by atoms with Crippen LogP contribution in [0, 0.1) is 0 Å². The Balaban J connectivity index is 0.000000162. The molecule has 26 nitrogen and oxygen atoms in total. The predicted molar refractivity (Wildman–Crippen MR) is 571 cm³/mol. The molecule has 0 atom stereocenters. The number of carboxylic acid groups (broad SMARTS) is 3. The van der Waals surface area contributed by atoms with E-state index >= 15 is 0 Å². The summed E-state index contributed by atoms with van der Waals surface area (Å²) in [6.07, 6.45) is 11.4. The van der Waals surface area contributed by atoms with Crippen molar-refractivity contribution in [2.75, 3.05) is 78.0 Å². The van der Waals surface area contributed by atoms with E-state index in [-0.39, 0.29) is 42.0 Å². The zero-order chi connectivity index (χ0) is 102. The summed E-state index contributed by atoms with van der Waals surface area (Å²) in [5.41, 5.74) is 23.3. The number of esters is 1. The molecule has 141 heavy (non-hydrogen) atoms. The molecular formula is C108H137BBr2F3IN14O12. The number of alkyl halides is 4. The SMILES string of the molecule is Brc1ccc2c(c1)CCCC2.CC(C)I.CC(C)N1CCCc2cc(-c3n[nH]nc3C(=O)O)ccc21.CC(C)N1CCCc2cc(B3OC(C)(C)C(C)(C)O3)ccc21.CC(C)N1CCCc2cc(Br)ccc21.CCOC(=O)c1nnn(Cc2ccc(OC)cc2)c1-c1ccc2c(c1)CCCN2C(C)C.COc1ccc(Cn2nnc(C(=O)O)c2-c2ccc3c(c2)CCCN3C(C)C)cc1.O=C(O)C(F)(F)F. The van der Waals surface area contributed by atoms with Gasteiger partial charge in [0.15, 0.2) is 17.1 Å². The molecule has 1 saturated heterocycles. The number of fused-ring (bicyclic) bond motifs is 6. The van der Waals surface area contributed by atoms with Crippen LogP contribution in [-0.4, -0.2) is 197 Å². The van der Waals surface area contributed by atoms with Gasteiger partial charge >= 0.3 is 37.2 Å². The van der Waals surface area contributed by atoms with Gasteiger partial charge in [-0.2, -0.15) is 23.5 Å². The summed E-state index contributed by atoms with van der Waals surface area (Å²) in [6.45, 7) is 43.5. The third-order valence-electron chi connectivity index (χ3n) is 26.0. The van der Waals surface area contributed by atoms with Crippen LogP contribution in [0.15, 0.2) is 167 Å². The van der Waals surface area contributed by atoms with Crippen LogP contribution in [0.2, 0.25) is 0 Å². The number of aliphatic carboxylic acids is 1. The molecule has 0 unspecified atom stereocenters. The number of hydrogen-bond acceptors (Lipinski definition) is 20. The van der Waals surface area contributed by atoms with Crippen molar-refractivity contribution in [3.05, 3.63) is 234 Å². The minimum absolute atomic E-state index is 0.0278. The van der Waals surface area contributed by atoms with E-state index in [1.807, 2.05) is 66.7 Å². The number of hydrogen-bond donors (Lipinski definition) is 4. The number of rotatable bonds is 19. The summed E-state index contributed by atoms with van der Waals surface area (Å²) in [5.74, 6) is -3.79. The number of nitrogens with one attached hydrogen (secondary N) is 1. The second-order valence-corrected chi connectivity index (χ2v) is 42.9. The molecular weight excluding hydrogens is 2040 g/mol. The lowest BCUT2D eigenvalue weighted by atomic mass is 9.77. The molecule has 9 heterocycles. The molecule has 11 aromatic rings. The predicted octanol–water partition coefficient (Wildman–Crippen LogP) is 23.1. The lowest BCUT2D eigenvalue weighted by Gasteiger charge is -2.35. The number of ether oxygens (including phenoxy) is 3. The fourth-order valence-electron chi connectivity index (χ4n) is 18.4. The van der Waals surface area contributed by atoms with E-state index in [2.05, 4.69) is 317 Å². The Morgan fingerprint density at radius 2 is 0.780 bits per heavy atom. The highest BCUT2D eigenvalue weighted by Crippen LogP contribution is 2.42. The topological polar surface area (TPSA) is 294 Å². The van der Waals surface area contributed by atoms with Crippen LogP contribution in [0.1, 0.15) is 244 Å². The number of aryl methyl sites for hydroxylation is 7. The van der Waals surface area contributed by atoms with Gasteiger partial charge in [0.1, 0.15) is 28.6 Å². The molecule has 18 rings (SSSR count). The van der Waals surface area contributed by atoms with Gasteiger partial charge in [0.25, 0.3) is 0 Å². The van der Waals surface area contributed by atoms with Crippen LogP contribution < -0.4 is 39.4 Å². The summed E-state index contributed by atoms with van der Waals surface area (Å²) >= 11 is 9.36. The van der Waals surface area contributed by atoms with E-state index < -0.39 is 30.1 Å². The van der Waals surface area contributed by atoms with E-state index in [1.165, 1.54) is 117 Å². The van der Waals surface area contributed by atoms with Gasteiger partial charge in [0.05, 0.1) is 45.1 Å². The van der Waals surface area contributed by atoms with Gasteiger partial charge in [-0.15, -0.1) is 15.3 Å². The molecule has 1 aliphatic carbocycles. The molecule has 8 aromatic carbocycles. The van der Waals surface area contributed by atoms with Crippen LogP contribution >= 0.6 is 54.5 Å². The number of carboxylic acids is 3. The van der Waals surface area contributed by atoms with E-state index in [1.54, 1.807) is 41.6 Å².